The van der Waals surface area contributed by atoms with E-state index in [-0.39, 0.29) is 24.5 Å². The first-order valence-electron chi connectivity index (χ1n) is 9.86. The Morgan fingerprint density at radius 2 is 1.86 bits per heavy atom. The Bertz CT molecular complexity index is 882. The van der Waals surface area contributed by atoms with E-state index in [9.17, 15) is 4.57 Å². The quantitative estimate of drug-likeness (QED) is 0.538. The Hall–Kier alpha value is -1.74. The molecule has 2 heterocycles. The van der Waals surface area contributed by atoms with E-state index in [0.29, 0.717) is 30.2 Å². The van der Waals surface area contributed by atoms with E-state index in [0.717, 1.165) is 12.8 Å². The van der Waals surface area contributed by atoms with Crippen LogP contribution in [0.2, 0.25) is 0 Å². The molecule has 0 radical (unpaired) electrons. The third-order valence-electron chi connectivity index (χ3n) is 4.27. The van der Waals surface area contributed by atoms with Gasteiger partial charge in [-0.3, -0.25) is 4.57 Å². The number of nitrogens with two attached hydrogens (primary N) is 1. The zero-order valence-electron chi connectivity index (χ0n) is 17.6. The number of anilines is 1. The first kappa shape index (κ1) is 22.0. The molecule has 0 aromatic carbocycles. The summed E-state index contributed by atoms with van der Waals surface area (Å²) in [5.74, 6) is 0.480. The fourth-order valence-corrected chi connectivity index (χ4v) is 4.92. The van der Waals surface area contributed by atoms with Crippen LogP contribution in [0.1, 0.15) is 47.5 Å². The molecule has 29 heavy (non-hydrogen) atoms. The zero-order valence-corrected chi connectivity index (χ0v) is 18.5. The SMILES string of the molecule is CCOc1nc(N)nc2c1ncn2CC1(OCP(=O)(OC(C)C)OC(C)C)CC1. The second-order valence-electron chi connectivity index (χ2n) is 7.74. The van der Waals surface area contributed by atoms with Gasteiger partial charge in [0.05, 0.1) is 37.3 Å². The average molecular weight is 427 g/mol. The topological polar surface area (TPSA) is 124 Å². The van der Waals surface area contributed by atoms with Crippen LogP contribution in [0.15, 0.2) is 6.33 Å². The zero-order chi connectivity index (χ0) is 21.2. The minimum Gasteiger partial charge on any atom is -0.476 e. The van der Waals surface area contributed by atoms with Crippen LogP contribution in [0.3, 0.4) is 0 Å². The van der Waals surface area contributed by atoms with Crippen LogP contribution in [-0.4, -0.2) is 50.3 Å². The molecule has 0 unspecified atom stereocenters. The van der Waals surface area contributed by atoms with Crippen molar-refractivity contribution in [1.29, 1.82) is 0 Å². The smallest absolute Gasteiger partial charge is 0.356 e. The molecule has 1 aliphatic carbocycles. The van der Waals surface area contributed by atoms with Crippen LogP contribution >= 0.6 is 7.60 Å². The second-order valence-corrected chi connectivity index (χ2v) is 9.64. The molecule has 162 valence electrons. The largest absolute Gasteiger partial charge is 0.476 e. The fraction of sp³-hybridized carbons (Fsp3) is 0.722. The predicted octanol–water partition coefficient (Wildman–Crippen LogP) is 3.36. The number of rotatable bonds is 11. The van der Waals surface area contributed by atoms with E-state index >= 15 is 0 Å². The lowest BCUT2D eigenvalue weighted by molar-refractivity contribution is 0.0277. The van der Waals surface area contributed by atoms with Crippen molar-refractivity contribution in [3.05, 3.63) is 6.33 Å². The third kappa shape index (κ3) is 5.45. The van der Waals surface area contributed by atoms with Gasteiger partial charge in [0.15, 0.2) is 11.2 Å². The van der Waals surface area contributed by atoms with Gasteiger partial charge in [0.1, 0.15) is 6.35 Å². The van der Waals surface area contributed by atoms with Crippen molar-refractivity contribution in [1.82, 2.24) is 19.5 Å². The van der Waals surface area contributed by atoms with Crippen molar-refractivity contribution < 1.29 is 23.1 Å². The number of imidazole rings is 1. The van der Waals surface area contributed by atoms with Gasteiger partial charge in [0.25, 0.3) is 0 Å². The highest BCUT2D eigenvalue weighted by Crippen LogP contribution is 2.53. The summed E-state index contributed by atoms with van der Waals surface area (Å²) >= 11 is 0. The van der Waals surface area contributed by atoms with Crippen molar-refractivity contribution >= 4 is 24.7 Å². The number of nitrogens with zero attached hydrogens (tertiary/aromatic N) is 4. The second kappa shape index (κ2) is 8.55. The fourth-order valence-electron chi connectivity index (χ4n) is 3.03. The van der Waals surface area contributed by atoms with E-state index in [4.69, 9.17) is 24.3 Å². The molecule has 0 amide bonds. The van der Waals surface area contributed by atoms with Crippen molar-refractivity contribution in [2.75, 3.05) is 18.7 Å². The van der Waals surface area contributed by atoms with Crippen LogP contribution in [-0.2, 0) is 24.9 Å². The van der Waals surface area contributed by atoms with Crippen molar-refractivity contribution in [2.45, 2.75) is 71.8 Å². The summed E-state index contributed by atoms with van der Waals surface area (Å²) < 4.78 is 37.6. The minimum atomic E-state index is -3.36. The monoisotopic (exact) mass is 427 g/mol. The van der Waals surface area contributed by atoms with Gasteiger partial charge in [-0.25, -0.2) is 4.98 Å². The number of ether oxygens (including phenoxy) is 2. The highest BCUT2D eigenvalue weighted by atomic mass is 31.2. The molecule has 11 heteroatoms. The first-order valence-corrected chi connectivity index (χ1v) is 11.6. The molecule has 0 bridgehead atoms. The average Bonchev–Trinajstić information content (AvgIpc) is 3.26. The van der Waals surface area contributed by atoms with Crippen molar-refractivity contribution in [3.63, 3.8) is 0 Å². The maximum Gasteiger partial charge on any atom is 0.356 e. The van der Waals surface area contributed by atoms with Crippen LogP contribution in [0.25, 0.3) is 11.2 Å². The molecule has 1 saturated carbocycles. The van der Waals surface area contributed by atoms with Crippen molar-refractivity contribution in [2.24, 2.45) is 0 Å². The van der Waals surface area contributed by atoms with Crippen LogP contribution in [0.4, 0.5) is 5.95 Å². The maximum atomic E-state index is 13.0. The molecule has 0 aliphatic heterocycles. The standard InChI is InChI=1S/C18H30N5O5P/c1-6-25-16-14-15(21-17(19)22-16)23(10-20-14)9-18(7-8-18)26-11-29(24,27-12(2)3)28-13(4)5/h10,12-13H,6-9,11H2,1-5H3,(H2,19,21,22). The molecule has 2 aromatic rings. The Labute approximate surface area is 170 Å². The highest BCUT2D eigenvalue weighted by molar-refractivity contribution is 7.53. The van der Waals surface area contributed by atoms with Gasteiger partial charge >= 0.3 is 7.60 Å². The summed E-state index contributed by atoms with van der Waals surface area (Å²) in [5, 5.41) is 0. The third-order valence-corrected chi connectivity index (χ3v) is 6.20. The van der Waals surface area contributed by atoms with Gasteiger partial charge < -0.3 is 28.8 Å². The molecule has 0 saturated heterocycles. The Balaban J connectivity index is 1.75. The van der Waals surface area contributed by atoms with E-state index in [1.165, 1.54) is 0 Å². The molecule has 3 rings (SSSR count). The molecule has 2 N–H and O–H groups in total. The van der Waals surface area contributed by atoms with Gasteiger partial charge in [-0.1, -0.05) is 0 Å². The molecule has 0 atom stereocenters. The summed E-state index contributed by atoms with van der Waals surface area (Å²) in [6.45, 7) is 10.1. The highest BCUT2D eigenvalue weighted by Gasteiger charge is 2.47. The van der Waals surface area contributed by atoms with Crippen molar-refractivity contribution in [3.8, 4) is 5.88 Å². The molecule has 0 spiro atoms. The maximum absolute atomic E-state index is 13.0. The van der Waals surface area contributed by atoms with Gasteiger partial charge in [0, 0.05) is 0 Å². The predicted molar refractivity (Wildman–Crippen MR) is 109 cm³/mol. The van der Waals surface area contributed by atoms with Gasteiger partial charge in [-0.2, -0.15) is 9.97 Å². The molecule has 1 fully saturated rings. The Morgan fingerprint density at radius 3 is 2.41 bits per heavy atom. The summed E-state index contributed by atoms with van der Waals surface area (Å²) in [6, 6.07) is 0. The summed E-state index contributed by atoms with van der Waals surface area (Å²) in [5.41, 5.74) is 6.49. The molecule has 10 nitrogen and oxygen atoms in total. The molecule has 2 aromatic heterocycles. The first-order chi connectivity index (χ1) is 13.7. The van der Waals surface area contributed by atoms with Gasteiger partial charge in [0.2, 0.25) is 11.8 Å². The molecular formula is C18H30N5O5P. The number of nitrogen functional groups attached to an aromatic ring is 1. The number of hydrogen-bond donors (Lipinski definition) is 1. The summed E-state index contributed by atoms with van der Waals surface area (Å²) in [4.78, 5) is 12.8. The Kier molecular flexibility index (Phi) is 6.48. The van der Waals surface area contributed by atoms with Crippen LogP contribution in [0.5, 0.6) is 5.88 Å². The lowest BCUT2D eigenvalue weighted by Crippen LogP contribution is -2.24. The van der Waals surface area contributed by atoms with Crippen LogP contribution in [0, 0.1) is 0 Å². The molecular weight excluding hydrogens is 397 g/mol. The van der Waals surface area contributed by atoms with E-state index in [1.54, 1.807) is 6.33 Å². The van der Waals surface area contributed by atoms with E-state index in [2.05, 4.69) is 15.0 Å². The number of aromatic nitrogens is 4. The summed E-state index contributed by atoms with van der Waals surface area (Å²) in [6.07, 6.45) is 2.76. The Morgan fingerprint density at radius 1 is 1.21 bits per heavy atom. The van der Waals surface area contributed by atoms with E-state index < -0.39 is 13.2 Å². The van der Waals surface area contributed by atoms with Gasteiger partial charge in [-0.05, 0) is 47.5 Å². The lowest BCUT2D eigenvalue weighted by Gasteiger charge is -2.25. The summed E-state index contributed by atoms with van der Waals surface area (Å²) in [7, 11) is -3.36. The normalized spacial score (nSPS) is 16.1. The molecule has 1 aliphatic rings. The minimum absolute atomic E-state index is 0.0999. The number of fused-ring (bicyclic) bond motifs is 1. The van der Waals surface area contributed by atoms with Crippen LogP contribution < -0.4 is 10.5 Å². The van der Waals surface area contributed by atoms with Gasteiger partial charge in [-0.15, -0.1) is 0 Å². The number of hydrogen-bond acceptors (Lipinski definition) is 9. The van der Waals surface area contributed by atoms with E-state index in [1.807, 2.05) is 39.2 Å². The lowest BCUT2D eigenvalue weighted by atomic mass is 10.3.